The van der Waals surface area contributed by atoms with Crippen LogP contribution in [-0.4, -0.2) is 54.2 Å². The van der Waals surface area contributed by atoms with E-state index >= 15 is 0 Å². The summed E-state index contributed by atoms with van der Waals surface area (Å²) in [6, 6.07) is 3.97. The van der Waals surface area contributed by atoms with Gasteiger partial charge in [0.15, 0.2) is 5.82 Å². The maximum Gasteiger partial charge on any atom is 0.255 e. The van der Waals surface area contributed by atoms with Crippen LogP contribution < -0.4 is 16.6 Å². The third-order valence-corrected chi connectivity index (χ3v) is 4.14. The van der Waals surface area contributed by atoms with Gasteiger partial charge >= 0.3 is 0 Å². The lowest BCUT2D eigenvalue weighted by molar-refractivity contribution is -0.0461. The summed E-state index contributed by atoms with van der Waals surface area (Å²) in [6.07, 6.45) is 4.10. The maximum absolute atomic E-state index is 12.2. The highest BCUT2D eigenvalue weighted by Gasteiger charge is 2.32. The van der Waals surface area contributed by atoms with Crippen molar-refractivity contribution in [3.8, 4) is 0 Å². The van der Waals surface area contributed by atoms with Crippen molar-refractivity contribution in [2.45, 2.75) is 25.0 Å². The molecule has 114 valence electrons. The highest BCUT2D eigenvalue weighted by molar-refractivity contribution is 5.98. The summed E-state index contributed by atoms with van der Waals surface area (Å²) in [5.74, 6) is 5.54. The number of hydrazine groups is 1. The van der Waals surface area contributed by atoms with Crippen LogP contribution in [0.25, 0.3) is 0 Å². The predicted molar refractivity (Wildman–Crippen MR) is 78.7 cm³/mol. The summed E-state index contributed by atoms with van der Waals surface area (Å²) in [6.45, 7) is 3.30. The van der Waals surface area contributed by atoms with Crippen LogP contribution >= 0.6 is 0 Å². The lowest BCUT2D eigenvalue weighted by Crippen LogP contribution is -2.50. The minimum atomic E-state index is -0.191. The van der Waals surface area contributed by atoms with Crippen LogP contribution in [0.3, 0.4) is 0 Å². The van der Waals surface area contributed by atoms with E-state index in [0.717, 1.165) is 19.7 Å². The number of hydrogen-bond donors (Lipinski definition) is 3. The minimum absolute atomic E-state index is 0.0502. The zero-order valence-corrected chi connectivity index (χ0v) is 11.9. The fraction of sp³-hybridized carbons (Fsp3) is 0.571. The van der Waals surface area contributed by atoms with Gasteiger partial charge < -0.3 is 15.5 Å². The topological polar surface area (TPSA) is 92.5 Å². The smallest absolute Gasteiger partial charge is 0.255 e. The Labute approximate surface area is 123 Å². The standard InChI is InChI=1S/C14H21N5O2/c15-18-13-12(4-1-5-16-13)14(20)17-7-11-8-19-6-2-3-10(19)9-21-11/h1,4-5,10-11H,2-3,6-9,15H2,(H,16,18)(H,17,20). The van der Waals surface area contributed by atoms with Crippen LogP contribution in [0.4, 0.5) is 5.82 Å². The van der Waals surface area contributed by atoms with Crippen LogP contribution in [0.5, 0.6) is 0 Å². The van der Waals surface area contributed by atoms with E-state index in [2.05, 4.69) is 20.6 Å². The Hall–Kier alpha value is -1.70. The first-order valence-electron chi connectivity index (χ1n) is 7.33. The molecule has 1 aromatic heterocycles. The Balaban J connectivity index is 1.54. The number of rotatable bonds is 4. The number of nitrogens with zero attached hydrogens (tertiary/aromatic N) is 2. The first-order chi connectivity index (χ1) is 10.3. The number of amides is 1. The van der Waals surface area contributed by atoms with Gasteiger partial charge in [0.2, 0.25) is 0 Å². The van der Waals surface area contributed by atoms with E-state index in [9.17, 15) is 4.79 Å². The van der Waals surface area contributed by atoms with Crippen LogP contribution in [0, 0.1) is 0 Å². The summed E-state index contributed by atoms with van der Waals surface area (Å²) in [5, 5.41) is 2.90. The van der Waals surface area contributed by atoms with Crippen molar-refractivity contribution in [1.29, 1.82) is 0 Å². The lowest BCUT2D eigenvalue weighted by Gasteiger charge is -2.35. The van der Waals surface area contributed by atoms with Crippen molar-refractivity contribution in [3.63, 3.8) is 0 Å². The maximum atomic E-state index is 12.2. The second kappa shape index (κ2) is 6.38. The van der Waals surface area contributed by atoms with Crippen molar-refractivity contribution in [2.75, 3.05) is 31.7 Å². The molecule has 3 rings (SSSR count). The lowest BCUT2D eigenvalue weighted by atomic mass is 10.2. The van der Waals surface area contributed by atoms with E-state index in [1.165, 1.54) is 12.8 Å². The molecule has 7 heteroatoms. The van der Waals surface area contributed by atoms with E-state index < -0.39 is 0 Å². The molecular formula is C14H21N5O2. The number of carbonyl (C=O) groups is 1. The Morgan fingerprint density at radius 3 is 3.33 bits per heavy atom. The second-order valence-electron chi connectivity index (χ2n) is 5.50. The molecule has 0 aliphatic carbocycles. The Morgan fingerprint density at radius 1 is 1.57 bits per heavy atom. The van der Waals surface area contributed by atoms with Crippen molar-refractivity contribution in [2.24, 2.45) is 5.84 Å². The molecule has 0 bridgehead atoms. The number of fused-ring (bicyclic) bond motifs is 1. The summed E-state index contributed by atoms with van der Waals surface area (Å²) in [4.78, 5) is 18.7. The molecule has 0 radical (unpaired) electrons. The SMILES string of the molecule is NNc1ncccc1C(=O)NCC1CN2CCCC2CO1. The zero-order valence-electron chi connectivity index (χ0n) is 11.9. The largest absolute Gasteiger partial charge is 0.373 e. The number of carbonyl (C=O) groups excluding carboxylic acids is 1. The Morgan fingerprint density at radius 2 is 2.48 bits per heavy atom. The van der Waals surface area contributed by atoms with Crippen molar-refractivity contribution in [3.05, 3.63) is 23.9 Å². The Kier molecular flexibility index (Phi) is 4.33. The molecular weight excluding hydrogens is 270 g/mol. The summed E-state index contributed by atoms with van der Waals surface area (Å²) < 4.78 is 5.82. The molecule has 2 aliphatic heterocycles. The number of ether oxygens (including phenoxy) is 1. The monoisotopic (exact) mass is 291 g/mol. The molecule has 2 atom stereocenters. The number of morpholine rings is 1. The third kappa shape index (κ3) is 3.15. The van der Waals surface area contributed by atoms with Gasteiger partial charge in [-0.2, -0.15) is 0 Å². The van der Waals surface area contributed by atoms with Gasteiger partial charge in [0.25, 0.3) is 5.91 Å². The third-order valence-electron chi connectivity index (χ3n) is 4.14. The predicted octanol–water partition coefficient (Wildman–Crippen LogP) is -0.0398. The number of hydrogen-bond acceptors (Lipinski definition) is 6. The molecule has 7 nitrogen and oxygen atoms in total. The molecule has 2 unspecified atom stereocenters. The molecule has 21 heavy (non-hydrogen) atoms. The summed E-state index contributed by atoms with van der Waals surface area (Å²) in [7, 11) is 0. The van der Waals surface area contributed by atoms with Crippen LogP contribution in [0.1, 0.15) is 23.2 Å². The number of aromatic nitrogens is 1. The quantitative estimate of drug-likeness (QED) is 0.532. The zero-order chi connectivity index (χ0) is 14.7. The molecule has 0 saturated carbocycles. The highest BCUT2D eigenvalue weighted by Crippen LogP contribution is 2.22. The van der Waals surface area contributed by atoms with E-state index in [1.807, 2.05) is 0 Å². The molecule has 4 N–H and O–H groups in total. The van der Waals surface area contributed by atoms with Crippen molar-refractivity contribution >= 4 is 11.7 Å². The first-order valence-corrected chi connectivity index (χ1v) is 7.33. The number of nitrogens with two attached hydrogens (primary N) is 1. The van der Waals surface area contributed by atoms with Crippen molar-refractivity contribution < 1.29 is 9.53 Å². The van der Waals surface area contributed by atoms with Crippen molar-refractivity contribution in [1.82, 2.24) is 15.2 Å². The number of nitrogen functional groups attached to an aromatic ring is 1. The van der Waals surface area contributed by atoms with Gasteiger partial charge in [0.1, 0.15) is 0 Å². The highest BCUT2D eigenvalue weighted by atomic mass is 16.5. The molecule has 3 heterocycles. The molecule has 2 aliphatic rings. The van der Waals surface area contributed by atoms with Gasteiger partial charge in [-0.25, -0.2) is 10.8 Å². The van der Waals surface area contributed by atoms with Gasteiger partial charge in [-0.15, -0.1) is 0 Å². The Bertz CT molecular complexity index is 510. The van der Waals surface area contributed by atoms with E-state index in [-0.39, 0.29) is 12.0 Å². The van der Waals surface area contributed by atoms with Gasteiger partial charge in [-0.3, -0.25) is 9.69 Å². The first kappa shape index (κ1) is 14.2. The molecule has 0 aromatic carbocycles. The second-order valence-corrected chi connectivity index (χ2v) is 5.50. The van der Waals surface area contributed by atoms with E-state index in [4.69, 9.17) is 10.6 Å². The fourth-order valence-corrected chi connectivity index (χ4v) is 3.01. The fourth-order valence-electron chi connectivity index (χ4n) is 3.01. The molecule has 2 fully saturated rings. The van der Waals surface area contributed by atoms with Gasteiger partial charge in [-0.1, -0.05) is 0 Å². The summed E-state index contributed by atoms with van der Waals surface area (Å²) in [5.41, 5.74) is 2.87. The van der Waals surface area contributed by atoms with Crippen LogP contribution in [0.2, 0.25) is 0 Å². The molecule has 1 aromatic rings. The normalized spacial score (nSPS) is 25.4. The number of pyridine rings is 1. The molecule has 1 amide bonds. The average Bonchev–Trinajstić information content (AvgIpc) is 3.00. The molecule has 2 saturated heterocycles. The number of nitrogens with one attached hydrogen (secondary N) is 2. The van der Waals surface area contributed by atoms with E-state index in [0.29, 0.717) is 24.0 Å². The van der Waals surface area contributed by atoms with Gasteiger partial charge in [-0.05, 0) is 31.5 Å². The van der Waals surface area contributed by atoms with Crippen LogP contribution in [0.15, 0.2) is 18.3 Å². The van der Waals surface area contributed by atoms with Crippen LogP contribution in [-0.2, 0) is 4.74 Å². The summed E-state index contributed by atoms with van der Waals surface area (Å²) >= 11 is 0. The van der Waals surface area contributed by atoms with Gasteiger partial charge in [0.05, 0.1) is 18.3 Å². The number of anilines is 1. The minimum Gasteiger partial charge on any atom is -0.373 e. The van der Waals surface area contributed by atoms with E-state index in [1.54, 1.807) is 18.3 Å². The van der Waals surface area contributed by atoms with Gasteiger partial charge in [0, 0.05) is 25.3 Å². The average molecular weight is 291 g/mol. The molecule has 0 spiro atoms.